The van der Waals surface area contributed by atoms with Gasteiger partial charge in [0.1, 0.15) is 24.0 Å². The van der Waals surface area contributed by atoms with Crippen molar-refractivity contribution in [1.29, 1.82) is 5.26 Å². The molecule has 0 spiro atoms. The molecule has 7 heteroatoms. The Balaban J connectivity index is 1.51. The van der Waals surface area contributed by atoms with E-state index in [0.717, 1.165) is 61.2 Å². The molecule has 1 saturated heterocycles. The molecule has 4 rings (SSSR count). The van der Waals surface area contributed by atoms with Crippen LogP contribution >= 0.6 is 0 Å². The van der Waals surface area contributed by atoms with E-state index < -0.39 is 0 Å². The Kier molecular flexibility index (Phi) is 4.90. The number of nitrogens with zero attached hydrogens (tertiary/aromatic N) is 6. The highest BCUT2D eigenvalue weighted by Gasteiger charge is 2.25. The van der Waals surface area contributed by atoms with Gasteiger partial charge in [-0.3, -0.25) is 0 Å². The predicted molar refractivity (Wildman–Crippen MR) is 107 cm³/mol. The molecule has 0 aliphatic carbocycles. The first-order chi connectivity index (χ1) is 13.5. The smallest absolute Gasteiger partial charge is 0.146 e. The second kappa shape index (κ2) is 7.36. The maximum absolute atomic E-state index is 9.60. The zero-order valence-electron chi connectivity index (χ0n) is 16.8. The minimum absolute atomic E-state index is 0.00201. The molecule has 2 aromatic heterocycles. The van der Waals surface area contributed by atoms with Crippen LogP contribution in [0.1, 0.15) is 43.3 Å². The van der Waals surface area contributed by atoms with Crippen LogP contribution in [0.25, 0.3) is 0 Å². The van der Waals surface area contributed by atoms with Crippen molar-refractivity contribution < 1.29 is 4.74 Å². The van der Waals surface area contributed by atoms with Gasteiger partial charge < -0.3 is 14.5 Å². The van der Waals surface area contributed by atoms with Gasteiger partial charge in [0.25, 0.3) is 0 Å². The minimum atomic E-state index is -0.00201. The molecule has 0 N–H and O–H groups in total. The van der Waals surface area contributed by atoms with E-state index in [1.54, 1.807) is 6.33 Å². The summed E-state index contributed by atoms with van der Waals surface area (Å²) in [5, 5.41) is 9.60. The van der Waals surface area contributed by atoms with Crippen LogP contribution in [-0.2, 0) is 23.2 Å². The van der Waals surface area contributed by atoms with Crippen LogP contribution in [0.2, 0.25) is 0 Å². The van der Waals surface area contributed by atoms with E-state index in [2.05, 4.69) is 52.7 Å². The molecule has 0 radical (unpaired) electrons. The fourth-order valence-corrected chi connectivity index (χ4v) is 3.68. The molecular formula is C21H26N6O. The van der Waals surface area contributed by atoms with Gasteiger partial charge in [0.2, 0.25) is 0 Å². The largest absolute Gasteiger partial charge is 0.376 e. The summed E-state index contributed by atoms with van der Waals surface area (Å²) in [6.07, 6.45) is 2.47. The van der Waals surface area contributed by atoms with Crippen molar-refractivity contribution in [3.8, 4) is 6.07 Å². The summed E-state index contributed by atoms with van der Waals surface area (Å²) in [4.78, 5) is 18.2. The monoisotopic (exact) mass is 378 g/mol. The van der Waals surface area contributed by atoms with Gasteiger partial charge in [0, 0.05) is 49.6 Å². The lowest BCUT2D eigenvalue weighted by Crippen LogP contribution is -2.47. The first-order valence-corrected chi connectivity index (χ1v) is 9.79. The molecule has 0 aromatic carbocycles. The van der Waals surface area contributed by atoms with Gasteiger partial charge in [-0.1, -0.05) is 20.8 Å². The van der Waals surface area contributed by atoms with E-state index in [1.165, 1.54) is 0 Å². The Morgan fingerprint density at radius 1 is 1.07 bits per heavy atom. The minimum Gasteiger partial charge on any atom is -0.376 e. The zero-order chi connectivity index (χ0) is 19.7. The molecule has 0 atom stereocenters. The Morgan fingerprint density at radius 2 is 1.82 bits per heavy atom. The molecule has 4 heterocycles. The molecule has 0 saturated carbocycles. The van der Waals surface area contributed by atoms with E-state index in [0.29, 0.717) is 18.8 Å². The van der Waals surface area contributed by atoms with Crippen LogP contribution in [0.4, 0.5) is 11.6 Å². The quantitative estimate of drug-likeness (QED) is 0.794. The lowest BCUT2D eigenvalue weighted by Gasteiger charge is -2.37. The molecule has 0 amide bonds. The second-order valence-corrected chi connectivity index (χ2v) is 8.37. The normalized spacial score (nSPS) is 17.2. The van der Waals surface area contributed by atoms with Crippen molar-refractivity contribution in [3.05, 3.63) is 41.0 Å². The standard InChI is InChI=1S/C21H26N6O/c1-21(2,3)18-11-19(24-14-23-18)26-5-7-27(8-6-26)20-15(12-22)10-16-13-28-9-4-17(16)25-20/h10-11,14H,4-9,13H2,1-3H3. The van der Waals surface area contributed by atoms with Crippen molar-refractivity contribution in [2.45, 2.75) is 39.2 Å². The van der Waals surface area contributed by atoms with Crippen LogP contribution in [0.15, 0.2) is 18.5 Å². The molecular weight excluding hydrogens is 352 g/mol. The summed E-state index contributed by atoms with van der Waals surface area (Å²) < 4.78 is 5.50. The second-order valence-electron chi connectivity index (χ2n) is 8.37. The molecule has 146 valence electrons. The van der Waals surface area contributed by atoms with Gasteiger partial charge in [0.05, 0.1) is 30.2 Å². The molecule has 2 aliphatic rings. The maximum Gasteiger partial charge on any atom is 0.146 e. The average molecular weight is 378 g/mol. The maximum atomic E-state index is 9.60. The molecule has 2 aliphatic heterocycles. The topological polar surface area (TPSA) is 78.2 Å². The Hall–Kier alpha value is -2.72. The Bertz CT molecular complexity index is 906. The highest BCUT2D eigenvalue weighted by Crippen LogP contribution is 2.27. The van der Waals surface area contributed by atoms with Crippen LogP contribution in [0.5, 0.6) is 0 Å². The number of hydrogen-bond acceptors (Lipinski definition) is 7. The number of pyridine rings is 1. The summed E-state index contributed by atoms with van der Waals surface area (Å²) in [7, 11) is 0. The molecule has 0 unspecified atom stereocenters. The van der Waals surface area contributed by atoms with Crippen LogP contribution in [-0.4, -0.2) is 47.7 Å². The lowest BCUT2D eigenvalue weighted by atomic mass is 9.92. The highest BCUT2D eigenvalue weighted by molar-refractivity contribution is 5.57. The third-order valence-electron chi connectivity index (χ3n) is 5.36. The van der Waals surface area contributed by atoms with Gasteiger partial charge in [-0.15, -0.1) is 0 Å². The average Bonchev–Trinajstić information content (AvgIpc) is 2.72. The fraction of sp³-hybridized carbons (Fsp3) is 0.524. The molecule has 0 bridgehead atoms. The van der Waals surface area contributed by atoms with Gasteiger partial charge >= 0.3 is 0 Å². The first-order valence-electron chi connectivity index (χ1n) is 9.79. The van der Waals surface area contributed by atoms with Crippen LogP contribution in [0.3, 0.4) is 0 Å². The van der Waals surface area contributed by atoms with Gasteiger partial charge in [-0.05, 0) is 6.07 Å². The van der Waals surface area contributed by atoms with Crippen molar-refractivity contribution in [2.75, 3.05) is 42.6 Å². The van der Waals surface area contributed by atoms with E-state index in [4.69, 9.17) is 9.72 Å². The van der Waals surface area contributed by atoms with E-state index in [-0.39, 0.29) is 5.41 Å². The third-order valence-corrected chi connectivity index (χ3v) is 5.36. The van der Waals surface area contributed by atoms with Crippen molar-refractivity contribution >= 4 is 11.6 Å². The Morgan fingerprint density at radius 3 is 2.54 bits per heavy atom. The zero-order valence-corrected chi connectivity index (χ0v) is 16.8. The number of piperazine rings is 1. The summed E-state index contributed by atoms with van der Waals surface area (Å²) >= 11 is 0. The summed E-state index contributed by atoms with van der Waals surface area (Å²) in [6, 6.07) is 6.35. The van der Waals surface area contributed by atoms with Gasteiger partial charge in [-0.25, -0.2) is 15.0 Å². The number of rotatable bonds is 2. The van der Waals surface area contributed by atoms with Crippen LogP contribution < -0.4 is 9.80 Å². The summed E-state index contributed by atoms with van der Waals surface area (Å²) in [5.74, 6) is 1.77. The number of anilines is 2. The summed E-state index contributed by atoms with van der Waals surface area (Å²) in [5.41, 5.74) is 3.78. The first kappa shape index (κ1) is 18.6. The molecule has 28 heavy (non-hydrogen) atoms. The molecule has 7 nitrogen and oxygen atoms in total. The molecule has 2 aromatic rings. The number of aromatic nitrogens is 3. The van der Waals surface area contributed by atoms with E-state index in [9.17, 15) is 5.26 Å². The van der Waals surface area contributed by atoms with Crippen molar-refractivity contribution in [3.63, 3.8) is 0 Å². The Labute approximate surface area is 166 Å². The number of fused-ring (bicyclic) bond motifs is 1. The van der Waals surface area contributed by atoms with Crippen molar-refractivity contribution in [1.82, 2.24) is 15.0 Å². The third kappa shape index (κ3) is 3.65. The van der Waals surface area contributed by atoms with Crippen molar-refractivity contribution in [2.24, 2.45) is 0 Å². The lowest BCUT2D eigenvalue weighted by molar-refractivity contribution is 0.109. The number of ether oxygens (including phenoxy) is 1. The van der Waals surface area contributed by atoms with Crippen LogP contribution in [0, 0.1) is 11.3 Å². The van der Waals surface area contributed by atoms with Gasteiger partial charge in [0.15, 0.2) is 0 Å². The fourth-order valence-electron chi connectivity index (χ4n) is 3.68. The van der Waals surface area contributed by atoms with E-state index >= 15 is 0 Å². The molecule has 1 fully saturated rings. The highest BCUT2D eigenvalue weighted by atomic mass is 16.5. The van der Waals surface area contributed by atoms with Gasteiger partial charge in [-0.2, -0.15) is 5.26 Å². The number of nitriles is 1. The SMILES string of the molecule is CC(C)(C)c1cc(N2CCN(c3nc4c(cc3C#N)COCC4)CC2)ncn1. The predicted octanol–water partition coefficient (Wildman–Crippen LogP) is 2.44. The summed E-state index contributed by atoms with van der Waals surface area (Å²) in [6.45, 7) is 11.0. The van der Waals surface area contributed by atoms with E-state index in [1.807, 2.05) is 6.07 Å². The number of hydrogen-bond donors (Lipinski definition) is 0.